The molecule has 0 radical (unpaired) electrons. The molecule has 0 aliphatic heterocycles. The van der Waals surface area contributed by atoms with Gasteiger partial charge in [0.15, 0.2) is 0 Å². The fourth-order valence-corrected chi connectivity index (χ4v) is 2.38. The maximum Gasteiger partial charge on any atom is 0.258 e. The summed E-state index contributed by atoms with van der Waals surface area (Å²) in [6.45, 7) is 0.772. The van der Waals surface area contributed by atoms with Gasteiger partial charge in [-0.1, -0.05) is 0 Å². The van der Waals surface area contributed by atoms with Crippen molar-refractivity contribution in [2.75, 3.05) is 18.5 Å². The van der Waals surface area contributed by atoms with Crippen molar-refractivity contribution in [3.8, 4) is 5.95 Å². The number of nitrogens with zero attached hydrogens (tertiary/aromatic N) is 7. The van der Waals surface area contributed by atoms with Gasteiger partial charge in [0.1, 0.15) is 12.7 Å². The third-order valence-corrected chi connectivity index (χ3v) is 3.46. The van der Waals surface area contributed by atoms with Crippen molar-refractivity contribution in [3.63, 3.8) is 0 Å². The Balaban J connectivity index is 1.78. The molecule has 0 spiro atoms. The van der Waals surface area contributed by atoms with Crippen LogP contribution in [-0.4, -0.2) is 54.5 Å². The molecule has 0 bridgehead atoms. The second-order valence-electron chi connectivity index (χ2n) is 4.92. The Morgan fingerprint density at radius 3 is 2.85 bits per heavy atom. The van der Waals surface area contributed by atoms with Crippen molar-refractivity contribution in [1.82, 2.24) is 29.7 Å². The van der Waals surface area contributed by atoms with Gasteiger partial charge in [-0.3, -0.25) is 0 Å². The number of aliphatic hydroxyl groups is 1. The van der Waals surface area contributed by atoms with Crippen molar-refractivity contribution < 1.29 is 5.11 Å². The molecule has 0 atom stereocenters. The summed E-state index contributed by atoms with van der Waals surface area (Å²) in [7, 11) is 1.89. The molecule has 20 heavy (non-hydrogen) atoms. The molecule has 0 unspecified atom stereocenters. The first-order valence-corrected chi connectivity index (χ1v) is 6.65. The van der Waals surface area contributed by atoms with E-state index < -0.39 is 0 Å². The molecular weight excluding hydrogens is 282 g/mol. The molecule has 1 aliphatic rings. The zero-order valence-electron chi connectivity index (χ0n) is 10.9. The van der Waals surface area contributed by atoms with Gasteiger partial charge in [0.05, 0.1) is 6.10 Å². The lowest BCUT2D eigenvalue weighted by Gasteiger charge is -2.34. The molecule has 2 aromatic heterocycles. The summed E-state index contributed by atoms with van der Waals surface area (Å²) in [6, 6.07) is 0. The van der Waals surface area contributed by atoms with Gasteiger partial charge < -0.3 is 10.0 Å². The van der Waals surface area contributed by atoms with Gasteiger partial charge in [0, 0.05) is 13.6 Å². The number of halogens is 1. The highest BCUT2D eigenvalue weighted by molar-refractivity contribution is 6.28. The van der Waals surface area contributed by atoms with Gasteiger partial charge in [-0.25, -0.2) is 4.98 Å². The summed E-state index contributed by atoms with van der Waals surface area (Å²) in [6.07, 6.45) is 4.37. The first kappa shape index (κ1) is 13.2. The Bertz CT molecular complexity index is 584. The van der Waals surface area contributed by atoms with Gasteiger partial charge in [-0.15, -0.1) is 0 Å². The van der Waals surface area contributed by atoms with Crippen molar-refractivity contribution in [3.05, 3.63) is 17.9 Å². The Labute approximate surface area is 120 Å². The van der Waals surface area contributed by atoms with E-state index in [0.717, 1.165) is 19.4 Å². The van der Waals surface area contributed by atoms with Gasteiger partial charge in [0.25, 0.3) is 5.95 Å². The molecule has 2 heterocycles. The maximum atomic E-state index is 9.32. The zero-order valence-corrected chi connectivity index (χ0v) is 11.6. The SMILES string of the molecule is CN(CC1CC(O)C1)c1nc(Cl)nc(-n2cncn2)n1. The molecule has 0 saturated heterocycles. The minimum Gasteiger partial charge on any atom is -0.393 e. The second kappa shape index (κ2) is 5.29. The summed E-state index contributed by atoms with van der Waals surface area (Å²) in [5.74, 6) is 1.27. The highest BCUT2D eigenvalue weighted by atomic mass is 35.5. The lowest BCUT2D eigenvalue weighted by molar-refractivity contribution is 0.0463. The van der Waals surface area contributed by atoms with Crippen LogP contribution in [0.3, 0.4) is 0 Å². The summed E-state index contributed by atoms with van der Waals surface area (Å²) in [5, 5.41) is 13.4. The van der Waals surface area contributed by atoms with Crippen molar-refractivity contribution in [2.45, 2.75) is 18.9 Å². The third kappa shape index (κ3) is 2.70. The van der Waals surface area contributed by atoms with E-state index in [2.05, 4.69) is 25.0 Å². The van der Waals surface area contributed by atoms with Crippen molar-refractivity contribution in [1.29, 1.82) is 0 Å². The highest BCUT2D eigenvalue weighted by Gasteiger charge is 2.28. The monoisotopic (exact) mass is 295 g/mol. The van der Waals surface area contributed by atoms with Crippen LogP contribution in [0.4, 0.5) is 5.95 Å². The van der Waals surface area contributed by atoms with E-state index in [4.69, 9.17) is 11.6 Å². The average Bonchev–Trinajstić information content (AvgIpc) is 2.90. The molecule has 1 N–H and O–H groups in total. The van der Waals surface area contributed by atoms with E-state index in [0.29, 0.717) is 17.8 Å². The van der Waals surface area contributed by atoms with E-state index in [1.807, 2.05) is 11.9 Å². The molecule has 1 saturated carbocycles. The van der Waals surface area contributed by atoms with Gasteiger partial charge in [0.2, 0.25) is 11.2 Å². The number of anilines is 1. The number of hydrogen-bond acceptors (Lipinski definition) is 7. The quantitative estimate of drug-likeness (QED) is 0.868. The first-order valence-electron chi connectivity index (χ1n) is 6.27. The number of aromatic nitrogens is 6. The van der Waals surface area contributed by atoms with Crippen LogP contribution in [-0.2, 0) is 0 Å². The average molecular weight is 296 g/mol. The van der Waals surface area contributed by atoms with Crippen molar-refractivity contribution >= 4 is 17.5 Å². The number of hydrogen-bond donors (Lipinski definition) is 1. The molecule has 2 aromatic rings. The summed E-state index contributed by atoms with van der Waals surface area (Å²) < 4.78 is 1.43. The lowest BCUT2D eigenvalue weighted by atomic mass is 9.82. The topological polar surface area (TPSA) is 92.8 Å². The van der Waals surface area contributed by atoms with Crippen molar-refractivity contribution in [2.24, 2.45) is 5.92 Å². The van der Waals surface area contributed by atoms with Crippen LogP contribution in [0.1, 0.15) is 12.8 Å². The Morgan fingerprint density at radius 2 is 2.20 bits per heavy atom. The summed E-state index contributed by atoms with van der Waals surface area (Å²) in [4.78, 5) is 18.2. The van der Waals surface area contributed by atoms with E-state index in [9.17, 15) is 5.11 Å². The molecule has 0 amide bonds. The standard InChI is InChI=1S/C11H14ClN7O/c1-18(4-7-2-8(20)3-7)10-15-9(12)16-11(17-10)19-6-13-5-14-19/h5-8,20H,2-4H2,1H3. The van der Waals surface area contributed by atoms with Crippen LogP contribution in [0.5, 0.6) is 0 Å². The molecule has 3 rings (SSSR count). The van der Waals surface area contributed by atoms with E-state index in [1.165, 1.54) is 17.3 Å². The largest absolute Gasteiger partial charge is 0.393 e. The third-order valence-electron chi connectivity index (χ3n) is 3.29. The number of rotatable bonds is 4. The van der Waals surface area contributed by atoms with Crippen LogP contribution in [0.2, 0.25) is 5.28 Å². The zero-order chi connectivity index (χ0) is 14.1. The lowest BCUT2D eigenvalue weighted by Crippen LogP contribution is -2.37. The van der Waals surface area contributed by atoms with Crippen LogP contribution in [0, 0.1) is 5.92 Å². The Hall–Kier alpha value is -1.80. The molecule has 106 valence electrons. The summed E-state index contributed by atoms with van der Waals surface area (Å²) in [5.41, 5.74) is 0. The fourth-order valence-electron chi connectivity index (χ4n) is 2.23. The maximum absolute atomic E-state index is 9.32. The fraction of sp³-hybridized carbons (Fsp3) is 0.545. The molecule has 9 heteroatoms. The minimum atomic E-state index is -0.166. The van der Waals surface area contributed by atoms with Gasteiger partial charge >= 0.3 is 0 Å². The molecule has 1 aliphatic carbocycles. The van der Waals surface area contributed by atoms with Gasteiger partial charge in [-0.05, 0) is 30.4 Å². The van der Waals surface area contributed by atoms with E-state index >= 15 is 0 Å². The molecule has 1 fully saturated rings. The van der Waals surface area contributed by atoms with Crippen LogP contribution >= 0.6 is 11.6 Å². The van der Waals surface area contributed by atoms with E-state index in [-0.39, 0.29) is 11.4 Å². The van der Waals surface area contributed by atoms with Crippen LogP contribution in [0.15, 0.2) is 12.7 Å². The van der Waals surface area contributed by atoms with Crippen LogP contribution in [0.25, 0.3) is 5.95 Å². The van der Waals surface area contributed by atoms with Crippen LogP contribution < -0.4 is 4.90 Å². The summed E-state index contributed by atoms with van der Waals surface area (Å²) >= 11 is 5.93. The molecule has 8 nitrogen and oxygen atoms in total. The predicted molar refractivity (Wildman–Crippen MR) is 71.8 cm³/mol. The normalized spacial score (nSPS) is 21.6. The van der Waals surface area contributed by atoms with E-state index in [1.54, 1.807) is 0 Å². The molecular formula is C11H14ClN7O. The predicted octanol–water partition coefficient (Wildman–Crippen LogP) is 0.313. The van der Waals surface area contributed by atoms with Gasteiger partial charge in [-0.2, -0.15) is 24.7 Å². The Morgan fingerprint density at radius 1 is 1.40 bits per heavy atom. The second-order valence-corrected chi connectivity index (χ2v) is 5.25. The molecule has 0 aromatic carbocycles. The minimum absolute atomic E-state index is 0.112. The Kier molecular flexibility index (Phi) is 3.49. The number of aliphatic hydroxyl groups excluding tert-OH is 1. The first-order chi connectivity index (χ1) is 9.61. The highest BCUT2D eigenvalue weighted by Crippen LogP contribution is 2.28. The smallest absolute Gasteiger partial charge is 0.258 e.